The fraction of sp³-hybridized carbons (Fsp3) is 0.462. The first-order valence-corrected chi connectivity index (χ1v) is 12.8. The highest BCUT2D eigenvalue weighted by Crippen LogP contribution is 2.61. The van der Waals surface area contributed by atoms with Gasteiger partial charge < -0.3 is 10.6 Å². The molecular weight excluding hydrogens is 508 g/mol. The summed E-state index contributed by atoms with van der Waals surface area (Å²) in [5.74, 6) is 1.62. The van der Waals surface area contributed by atoms with Crippen LogP contribution in [0.5, 0.6) is 0 Å². The van der Waals surface area contributed by atoms with Crippen LogP contribution in [0.15, 0.2) is 52.0 Å². The lowest BCUT2D eigenvalue weighted by Gasteiger charge is -2.62. The Morgan fingerprint density at radius 1 is 1.26 bits per heavy atom. The van der Waals surface area contributed by atoms with E-state index in [0.29, 0.717) is 45.1 Å². The van der Waals surface area contributed by atoms with E-state index in [9.17, 15) is 9.59 Å². The fourth-order valence-corrected chi connectivity index (χ4v) is 6.30. The van der Waals surface area contributed by atoms with Crippen molar-refractivity contribution in [2.24, 2.45) is 30.2 Å². The first-order valence-electron chi connectivity index (χ1n) is 12.1. The summed E-state index contributed by atoms with van der Waals surface area (Å²) < 4.78 is 3.31. The molecule has 0 spiro atoms. The van der Waals surface area contributed by atoms with Crippen LogP contribution in [0.1, 0.15) is 33.6 Å². The van der Waals surface area contributed by atoms with Gasteiger partial charge in [0, 0.05) is 30.5 Å². The number of anilines is 2. The molecule has 3 aliphatic carbocycles. The minimum absolute atomic E-state index is 0.177. The van der Waals surface area contributed by atoms with Gasteiger partial charge >= 0.3 is 0 Å². The molecule has 2 N–H and O–H groups in total. The first-order chi connectivity index (χ1) is 16.6. The summed E-state index contributed by atoms with van der Waals surface area (Å²) in [6.07, 6.45) is 5.90. The van der Waals surface area contributed by atoms with Gasteiger partial charge in [-0.1, -0.05) is 32.9 Å². The smallest absolute Gasteiger partial charge is 0.283 e. The normalized spacial score (nSPS) is 24.5. The number of hydrogen-bond acceptors (Lipinski definition) is 5. The van der Waals surface area contributed by atoms with Crippen LogP contribution >= 0.6 is 15.9 Å². The average Bonchev–Trinajstić information content (AvgIpc) is 3.26. The molecule has 2 bridgehead atoms. The summed E-state index contributed by atoms with van der Waals surface area (Å²) in [5.41, 5.74) is 3.11. The largest absolute Gasteiger partial charge is 0.380 e. The van der Waals surface area contributed by atoms with Gasteiger partial charge in [0.05, 0.1) is 17.6 Å². The topological polar surface area (TPSA) is 93.8 Å². The number of nitrogens with zero attached hydrogens (tertiary/aromatic N) is 4. The third-order valence-corrected chi connectivity index (χ3v) is 8.90. The van der Waals surface area contributed by atoms with Gasteiger partial charge in [0.25, 0.3) is 5.56 Å². The molecule has 0 aliphatic heterocycles. The van der Waals surface area contributed by atoms with Crippen LogP contribution in [0.25, 0.3) is 11.3 Å². The maximum atomic E-state index is 12.9. The highest BCUT2D eigenvalue weighted by Gasteiger charge is 2.56. The molecular formula is C26H31BrN6O2. The minimum Gasteiger partial charge on any atom is -0.380 e. The molecule has 3 aliphatic rings. The molecule has 6 rings (SSSR count). The predicted molar refractivity (Wildman–Crippen MR) is 140 cm³/mol. The SMILES string of the molecule is C[C@@H]1[C@H]2C[C@@H](C[C@H]1Nc1cnn(CC(=O)Nc3cccc(-c4ccn(C)n4)c3)c(=O)c1Br)C2(C)C. The van der Waals surface area contributed by atoms with E-state index >= 15 is 0 Å². The molecule has 1 aromatic carbocycles. The van der Waals surface area contributed by atoms with Gasteiger partial charge in [-0.15, -0.1) is 0 Å². The van der Waals surface area contributed by atoms with Crippen LogP contribution < -0.4 is 16.2 Å². The van der Waals surface area contributed by atoms with Crippen molar-refractivity contribution < 1.29 is 4.79 Å². The van der Waals surface area contributed by atoms with Crippen LogP contribution in [0.2, 0.25) is 0 Å². The zero-order valence-corrected chi connectivity index (χ0v) is 22.0. The fourth-order valence-electron chi connectivity index (χ4n) is 5.88. The summed E-state index contributed by atoms with van der Waals surface area (Å²) >= 11 is 3.44. The summed E-state index contributed by atoms with van der Waals surface area (Å²) in [5, 5.41) is 15.1. The Labute approximate surface area is 213 Å². The van der Waals surface area contributed by atoms with Crippen molar-refractivity contribution in [1.29, 1.82) is 0 Å². The molecule has 184 valence electrons. The lowest BCUT2D eigenvalue weighted by Crippen LogP contribution is -2.58. The average molecular weight is 539 g/mol. The first kappa shape index (κ1) is 23.8. The number of carbonyl (C=O) groups excluding carboxylic acids is 1. The van der Waals surface area contributed by atoms with Crippen molar-refractivity contribution in [1.82, 2.24) is 19.6 Å². The van der Waals surface area contributed by atoms with Gasteiger partial charge in [0.2, 0.25) is 5.91 Å². The maximum absolute atomic E-state index is 12.9. The van der Waals surface area contributed by atoms with Crippen molar-refractivity contribution in [2.75, 3.05) is 10.6 Å². The summed E-state index contributed by atoms with van der Waals surface area (Å²) in [7, 11) is 1.86. The number of halogens is 1. The standard InChI is InChI=1S/C26H31BrN6O2/c1-15-19-11-17(26(19,2)3)12-21(15)30-22-13-28-33(25(35)24(22)27)14-23(34)29-18-7-5-6-16(10-18)20-8-9-32(4)31-20/h5-10,13,15,17,19,21,30H,11-12,14H2,1-4H3,(H,29,34)/t15-,17+,19-,21-/m1/s1. The predicted octanol–water partition coefficient (Wildman–Crippen LogP) is 4.53. The Bertz CT molecular complexity index is 1330. The zero-order valence-electron chi connectivity index (χ0n) is 20.5. The second-order valence-corrected chi connectivity index (χ2v) is 11.3. The highest BCUT2D eigenvalue weighted by molar-refractivity contribution is 9.10. The van der Waals surface area contributed by atoms with Crippen molar-refractivity contribution in [3.05, 3.63) is 57.6 Å². The Morgan fingerprint density at radius 2 is 2.06 bits per heavy atom. The van der Waals surface area contributed by atoms with E-state index in [4.69, 9.17) is 0 Å². The number of benzene rings is 1. The molecule has 3 saturated carbocycles. The van der Waals surface area contributed by atoms with Gasteiger partial charge in [-0.25, -0.2) is 4.68 Å². The molecule has 0 saturated heterocycles. The number of amides is 1. The van der Waals surface area contributed by atoms with Crippen LogP contribution in [-0.2, 0) is 18.4 Å². The molecule has 9 heteroatoms. The zero-order chi connectivity index (χ0) is 24.9. The number of aryl methyl sites for hydroxylation is 1. The van der Waals surface area contributed by atoms with Crippen LogP contribution in [0.4, 0.5) is 11.4 Å². The second-order valence-electron chi connectivity index (χ2n) is 10.5. The van der Waals surface area contributed by atoms with E-state index in [1.165, 1.54) is 11.1 Å². The molecule has 8 nitrogen and oxygen atoms in total. The third-order valence-electron chi connectivity index (χ3n) is 8.13. The summed E-state index contributed by atoms with van der Waals surface area (Å²) in [6, 6.07) is 9.69. The van der Waals surface area contributed by atoms with Crippen LogP contribution in [0, 0.1) is 23.2 Å². The van der Waals surface area contributed by atoms with Gasteiger partial charge in [-0.05, 0) is 70.1 Å². The van der Waals surface area contributed by atoms with Gasteiger partial charge in [0.1, 0.15) is 11.0 Å². The summed E-state index contributed by atoms with van der Waals surface area (Å²) in [6.45, 7) is 6.87. The molecule has 2 aromatic heterocycles. The molecule has 2 heterocycles. The minimum atomic E-state index is -0.332. The Balaban J connectivity index is 1.25. The Morgan fingerprint density at radius 3 is 2.74 bits per heavy atom. The number of carbonyl (C=O) groups is 1. The molecule has 0 unspecified atom stereocenters. The number of fused-ring (bicyclic) bond motifs is 2. The van der Waals surface area contributed by atoms with Gasteiger partial charge in [0.15, 0.2) is 0 Å². The monoisotopic (exact) mass is 538 g/mol. The van der Waals surface area contributed by atoms with Crippen molar-refractivity contribution in [3.8, 4) is 11.3 Å². The highest BCUT2D eigenvalue weighted by atomic mass is 79.9. The lowest BCUT2D eigenvalue weighted by molar-refractivity contribution is -0.117. The van der Waals surface area contributed by atoms with Crippen molar-refractivity contribution in [3.63, 3.8) is 0 Å². The Kier molecular flexibility index (Phi) is 6.07. The van der Waals surface area contributed by atoms with Crippen LogP contribution in [0.3, 0.4) is 0 Å². The number of hydrogen-bond donors (Lipinski definition) is 2. The second kappa shape index (κ2) is 8.93. The van der Waals surface area contributed by atoms with E-state index in [1.54, 1.807) is 16.9 Å². The number of nitrogens with one attached hydrogen (secondary N) is 2. The lowest BCUT2D eigenvalue weighted by atomic mass is 9.45. The van der Waals surface area contributed by atoms with E-state index < -0.39 is 0 Å². The Hall–Kier alpha value is -2.94. The van der Waals surface area contributed by atoms with E-state index in [2.05, 4.69) is 57.5 Å². The van der Waals surface area contributed by atoms with Crippen molar-refractivity contribution in [2.45, 2.75) is 46.2 Å². The van der Waals surface area contributed by atoms with Crippen molar-refractivity contribution >= 4 is 33.2 Å². The molecule has 3 fully saturated rings. The van der Waals surface area contributed by atoms with E-state index in [0.717, 1.165) is 17.7 Å². The quantitative estimate of drug-likeness (QED) is 0.480. The van der Waals surface area contributed by atoms with E-state index in [1.807, 2.05) is 37.5 Å². The number of rotatable bonds is 6. The van der Waals surface area contributed by atoms with Gasteiger partial charge in [-0.2, -0.15) is 10.2 Å². The third kappa shape index (κ3) is 4.42. The van der Waals surface area contributed by atoms with E-state index in [-0.39, 0.29) is 18.0 Å². The number of aromatic nitrogens is 4. The molecule has 35 heavy (non-hydrogen) atoms. The molecule has 3 aromatic rings. The van der Waals surface area contributed by atoms with Crippen LogP contribution in [-0.4, -0.2) is 31.5 Å². The molecule has 1 amide bonds. The molecule has 4 atom stereocenters. The maximum Gasteiger partial charge on any atom is 0.283 e. The van der Waals surface area contributed by atoms with Gasteiger partial charge in [-0.3, -0.25) is 14.3 Å². The summed E-state index contributed by atoms with van der Waals surface area (Å²) in [4.78, 5) is 25.6. The molecule has 0 radical (unpaired) electrons.